The fourth-order valence-electron chi connectivity index (χ4n) is 2.61. The smallest absolute Gasteiger partial charge is 0.207 e. The molecule has 1 aliphatic rings. The SMILES string of the molecule is CC1(CNC=O)CCCN1Cc1ccccc1. The maximum absolute atomic E-state index is 10.4. The van der Waals surface area contributed by atoms with E-state index in [2.05, 4.69) is 41.4 Å². The van der Waals surface area contributed by atoms with Gasteiger partial charge in [-0.1, -0.05) is 30.3 Å². The summed E-state index contributed by atoms with van der Waals surface area (Å²) in [5.74, 6) is 0. The molecule has 0 saturated carbocycles. The van der Waals surface area contributed by atoms with Gasteiger partial charge < -0.3 is 5.32 Å². The van der Waals surface area contributed by atoms with E-state index < -0.39 is 0 Å². The predicted molar refractivity (Wildman–Crippen MR) is 68.6 cm³/mol. The van der Waals surface area contributed by atoms with Crippen molar-refractivity contribution in [3.63, 3.8) is 0 Å². The highest BCUT2D eigenvalue weighted by atomic mass is 16.1. The van der Waals surface area contributed by atoms with Gasteiger partial charge in [0.2, 0.25) is 6.41 Å². The van der Waals surface area contributed by atoms with Crippen molar-refractivity contribution < 1.29 is 4.79 Å². The molecule has 17 heavy (non-hydrogen) atoms. The maximum atomic E-state index is 10.4. The number of carbonyl (C=O) groups is 1. The Kier molecular flexibility index (Phi) is 3.79. The van der Waals surface area contributed by atoms with Gasteiger partial charge in [-0.3, -0.25) is 9.69 Å². The van der Waals surface area contributed by atoms with Gasteiger partial charge in [0.25, 0.3) is 0 Å². The van der Waals surface area contributed by atoms with Gasteiger partial charge in [-0.05, 0) is 31.9 Å². The van der Waals surface area contributed by atoms with Gasteiger partial charge in [0, 0.05) is 18.6 Å². The van der Waals surface area contributed by atoms with Gasteiger partial charge in [0.15, 0.2) is 0 Å². The van der Waals surface area contributed by atoms with Crippen LogP contribution in [0.5, 0.6) is 0 Å². The summed E-state index contributed by atoms with van der Waals surface area (Å²) in [5.41, 5.74) is 1.45. The molecule has 0 aliphatic carbocycles. The van der Waals surface area contributed by atoms with Gasteiger partial charge in [0.1, 0.15) is 0 Å². The van der Waals surface area contributed by atoms with Crippen LogP contribution in [0.3, 0.4) is 0 Å². The molecule has 2 rings (SSSR count). The van der Waals surface area contributed by atoms with E-state index in [-0.39, 0.29) is 5.54 Å². The van der Waals surface area contributed by atoms with Crippen LogP contribution in [-0.2, 0) is 11.3 Å². The van der Waals surface area contributed by atoms with E-state index in [9.17, 15) is 4.79 Å². The van der Waals surface area contributed by atoms with Crippen LogP contribution in [0, 0.1) is 0 Å². The number of likely N-dealkylation sites (tertiary alicyclic amines) is 1. The topological polar surface area (TPSA) is 32.3 Å². The third kappa shape index (κ3) is 2.86. The molecule has 1 aromatic rings. The fraction of sp³-hybridized carbons (Fsp3) is 0.500. The van der Waals surface area contributed by atoms with E-state index >= 15 is 0 Å². The summed E-state index contributed by atoms with van der Waals surface area (Å²) >= 11 is 0. The Morgan fingerprint density at radius 3 is 2.88 bits per heavy atom. The largest absolute Gasteiger partial charge is 0.357 e. The number of nitrogens with one attached hydrogen (secondary N) is 1. The first-order valence-corrected chi connectivity index (χ1v) is 6.21. The average Bonchev–Trinajstić information content (AvgIpc) is 2.70. The molecule has 0 aromatic heterocycles. The second-order valence-electron chi connectivity index (χ2n) is 5.01. The first-order chi connectivity index (χ1) is 8.24. The molecule has 1 aromatic carbocycles. The summed E-state index contributed by atoms with van der Waals surface area (Å²) in [6.45, 7) is 5.06. The van der Waals surface area contributed by atoms with E-state index in [0.717, 1.165) is 32.5 Å². The average molecular weight is 232 g/mol. The second-order valence-corrected chi connectivity index (χ2v) is 5.01. The van der Waals surface area contributed by atoms with Gasteiger partial charge in [-0.15, -0.1) is 0 Å². The van der Waals surface area contributed by atoms with Crippen LogP contribution in [0.1, 0.15) is 25.3 Å². The minimum atomic E-state index is 0.108. The maximum Gasteiger partial charge on any atom is 0.207 e. The van der Waals surface area contributed by atoms with Crippen LogP contribution >= 0.6 is 0 Å². The van der Waals surface area contributed by atoms with Crippen molar-refractivity contribution in [1.29, 1.82) is 0 Å². The molecule has 3 nitrogen and oxygen atoms in total. The molecule has 1 aliphatic heterocycles. The number of benzene rings is 1. The van der Waals surface area contributed by atoms with Gasteiger partial charge in [-0.25, -0.2) is 0 Å². The Hall–Kier alpha value is -1.35. The Morgan fingerprint density at radius 2 is 2.18 bits per heavy atom. The highest BCUT2D eigenvalue weighted by Gasteiger charge is 2.35. The van der Waals surface area contributed by atoms with Crippen LogP contribution in [-0.4, -0.2) is 29.9 Å². The minimum absolute atomic E-state index is 0.108. The van der Waals surface area contributed by atoms with Crippen LogP contribution in [0.25, 0.3) is 0 Å². The highest BCUT2D eigenvalue weighted by molar-refractivity contribution is 5.46. The molecule has 0 bridgehead atoms. The lowest BCUT2D eigenvalue weighted by molar-refractivity contribution is -0.110. The number of rotatable bonds is 5. The Balaban J connectivity index is 2.02. The van der Waals surface area contributed by atoms with E-state index in [1.54, 1.807) is 0 Å². The molecule has 1 amide bonds. The van der Waals surface area contributed by atoms with Crippen LogP contribution in [0.15, 0.2) is 30.3 Å². The summed E-state index contributed by atoms with van der Waals surface area (Å²) in [5, 5.41) is 2.82. The van der Waals surface area contributed by atoms with Gasteiger partial charge in [-0.2, -0.15) is 0 Å². The predicted octanol–water partition coefficient (Wildman–Crippen LogP) is 1.79. The van der Waals surface area contributed by atoms with Crippen molar-refractivity contribution in [1.82, 2.24) is 10.2 Å². The summed E-state index contributed by atoms with van der Waals surface area (Å²) in [6, 6.07) is 10.5. The van der Waals surface area contributed by atoms with Crippen molar-refractivity contribution >= 4 is 6.41 Å². The van der Waals surface area contributed by atoms with E-state index in [1.807, 2.05) is 6.07 Å². The molecule has 0 spiro atoms. The lowest BCUT2D eigenvalue weighted by Gasteiger charge is -2.35. The molecule has 1 saturated heterocycles. The summed E-state index contributed by atoms with van der Waals surface area (Å²) in [7, 11) is 0. The third-order valence-electron chi connectivity index (χ3n) is 3.69. The van der Waals surface area contributed by atoms with E-state index in [0.29, 0.717) is 0 Å². The zero-order valence-electron chi connectivity index (χ0n) is 10.4. The zero-order valence-corrected chi connectivity index (χ0v) is 10.4. The van der Waals surface area contributed by atoms with Crippen molar-refractivity contribution in [3.05, 3.63) is 35.9 Å². The molecule has 0 radical (unpaired) electrons. The Labute approximate surface area is 103 Å². The second kappa shape index (κ2) is 5.32. The lowest BCUT2D eigenvalue weighted by Crippen LogP contribution is -2.48. The van der Waals surface area contributed by atoms with Gasteiger partial charge >= 0.3 is 0 Å². The first kappa shape index (κ1) is 12.1. The number of nitrogens with zero attached hydrogens (tertiary/aromatic N) is 1. The number of hydrogen-bond acceptors (Lipinski definition) is 2. The normalized spacial score (nSPS) is 24.8. The summed E-state index contributed by atoms with van der Waals surface area (Å²) < 4.78 is 0. The zero-order chi connectivity index (χ0) is 12.1. The molecule has 92 valence electrons. The molecule has 1 fully saturated rings. The monoisotopic (exact) mass is 232 g/mol. The Bertz CT molecular complexity index is 366. The van der Waals surface area contributed by atoms with E-state index in [4.69, 9.17) is 0 Å². The quantitative estimate of drug-likeness (QED) is 0.785. The fourth-order valence-corrected chi connectivity index (χ4v) is 2.61. The number of hydrogen-bond donors (Lipinski definition) is 1. The molecule has 1 N–H and O–H groups in total. The van der Waals surface area contributed by atoms with Crippen molar-refractivity contribution in [2.75, 3.05) is 13.1 Å². The van der Waals surface area contributed by atoms with Crippen LogP contribution in [0.2, 0.25) is 0 Å². The molecule has 3 heteroatoms. The molecular formula is C14H20N2O. The minimum Gasteiger partial charge on any atom is -0.357 e. The first-order valence-electron chi connectivity index (χ1n) is 6.21. The molecule has 1 atom stereocenters. The summed E-state index contributed by atoms with van der Waals surface area (Å²) in [6.07, 6.45) is 3.16. The highest BCUT2D eigenvalue weighted by Crippen LogP contribution is 2.29. The third-order valence-corrected chi connectivity index (χ3v) is 3.69. The molecule has 1 unspecified atom stereocenters. The number of amides is 1. The van der Waals surface area contributed by atoms with Gasteiger partial charge in [0.05, 0.1) is 0 Å². The lowest BCUT2D eigenvalue weighted by atomic mass is 9.98. The molecule has 1 heterocycles. The van der Waals surface area contributed by atoms with Crippen molar-refractivity contribution in [2.45, 2.75) is 31.8 Å². The Morgan fingerprint density at radius 1 is 1.41 bits per heavy atom. The van der Waals surface area contributed by atoms with Crippen LogP contribution in [0.4, 0.5) is 0 Å². The standard InChI is InChI=1S/C14H20N2O/c1-14(11-15-12-17)8-5-9-16(14)10-13-6-3-2-4-7-13/h2-4,6-7,12H,5,8-11H2,1H3,(H,15,17). The number of carbonyl (C=O) groups excluding carboxylic acids is 1. The summed E-state index contributed by atoms with van der Waals surface area (Å²) in [4.78, 5) is 12.9. The van der Waals surface area contributed by atoms with Crippen molar-refractivity contribution in [3.8, 4) is 0 Å². The van der Waals surface area contributed by atoms with E-state index in [1.165, 1.54) is 12.0 Å². The van der Waals surface area contributed by atoms with Crippen LogP contribution < -0.4 is 5.32 Å². The molecular weight excluding hydrogens is 212 g/mol. The van der Waals surface area contributed by atoms with Crippen molar-refractivity contribution in [2.24, 2.45) is 0 Å².